The number of hydrogen-bond acceptors (Lipinski definition) is 5. The molecule has 1 N–H and O–H groups in total. The summed E-state index contributed by atoms with van der Waals surface area (Å²) in [4.78, 5) is 33.5. The van der Waals surface area contributed by atoms with Crippen LogP contribution in [0.15, 0.2) is 36.7 Å². The number of carbonyl (C=O) groups is 2. The first-order valence-corrected chi connectivity index (χ1v) is 6.73. The lowest BCUT2D eigenvalue weighted by Crippen LogP contribution is -2.42. The van der Waals surface area contributed by atoms with E-state index in [1.54, 1.807) is 38.2 Å². The zero-order chi connectivity index (χ0) is 15.7. The van der Waals surface area contributed by atoms with Crippen LogP contribution in [0.2, 0.25) is 0 Å². The molecule has 1 aromatic carbocycles. The van der Waals surface area contributed by atoms with Crippen molar-refractivity contribution in [2.24, 2.45) is 0 Å². The molecule has 2 amide bonds. The number of anilines is 2. The lowest BCUT2D eigenvalue weighted by atomic mass is 10.1. The fraction of sp³-hybridized carbons (Fsp3) is 0.200. The van der Waals surface area contributed by atoms with Gasteiger partial charge in [0.15, 0.2) is 6.10 Å². The Labute approximate surface area is 126 Å². The van der Waals surface area contributed by atoms with E-state index in [1.165, 1.54) is 17.3 Å². The molecule has 0 aliphatic carbocycles. The maximum absolute atomic E-state index is 12.2. The standard InChI is InChI=1S/C15H14N4O3/c1-9-14(21)19(2)11-8-10(4-5-12(11)22-9)13(20)18-15-16-6-3-7-17-15/h3-9H,1-2H3,(H,16,17,18,20). The second kappa shape index (κ2) is 5.44. The molecule has 2 aromatic rings. The third kappa shape index (κ3) is 2.48. The van der Waals surface area contributed by atoms with Crippen molar-refractivity contribution in [3.05, 3.63) is 42.2 Å². The zero-order valence-corrected chi connectivity index (χ0v) is 12.1. The number of nitrogens with zero attached hydrogens (tertiary/aromatic N) is 3. The van der Waals surface area contributed by atoms with Crippen LogP contribution in [0, 0.1) is 0 Å². The maximum Gasteiger partial charge on any atom is 0.267 e. The van der Waals surface area contributed by atoms with E-state index < -0.39 is 6.10 Å². The van der Waals surface area contributed by atoms with E-state index in [0.717, 1.165) is 0 Å². The number of likely N-dealkylation sites (N-methyl/N-ethyl adjacent to an activating group) is 1. The molecule has 112 valence electrons. The number of amides is 2. The highest BCUT2D eigenvalue weighted by molar-refractivity contribution is 6.06. The number of rotatable bonds is 2. The van der Waals surface area contributed by atoms with Gasteiger partial charge in [-0.1, -0.05) is 0 Å². The van der Waals surface area contributed by atoms with Crippen molar-refractivity contribution < 1.29 is 14.3 Å². The molecule has 0 saturated heterocycles. The summed E-state index contributed by atoms with van der Waals surface area (Å²) in [5, 5.41) is 2.59. The largest absolute Gasteiger partial charge is 0.479 e. The Morgan fingerprint density at radius 1 is 1.32 bits per heavy atom. The third-order valence-electron chi connectivity index (χ3n) is 3.36. The highest BCUT2D eigenvalue weighted by Gasteiger charge is 2.29. The number of fused-ring (bicyclic) bond motifs is 1. The molecule has 3 rings (SSSR count). The fourth-order valence-corrected chi connectivity index (χ4v) is 2.19. The van der Waals surface area contributed by atoms with Gasteiger partial charge >= 0.3 is 0 Å². The van der Waals surface area contributed by atoms with Crippen LogP contribution in [0.25, 0.3) is 0 Å². The fourth-order valence-electron chi connectivity index (χ4n) is 2.19. The molecule has 1 aromatic heterocycles. The first-order valence-electron chi connectivity index (χ1n) is 6.73. The van der Waals surface area contributed by atoms with Gasteiger partial charge in [0.05, 0.1) is 5.69 Å². The average Bonchev–Trinajstić information content (AvgIpc) is 2.53. The zero-order valence-electron chi connectivity index (χ0n) is 12.1. The van der Waals surface area contributed by atoms with Crippen LogP contribution in [0.1, 0.15) is 17.3 Å². The Balaban J connectivity index is 1.87. The molecule has 1 atom stereocenters. The number of carbonyl (C=O) groups excluding carboxylic acids is 2. The van der Waals surface area contributed by atoms with Crippen LogP contribution in [0.4, 0.5) is 11.6 Å². The second-order valence-electron chi connectivity index (χ2n) is 4.87. The van der Waals surface area contributed by atoms with Gasteiger partial charge in [0.25, 0.3) is 11.8 Å². The van der Waals surface area contributed by atoms with E-state index in [0.29, 0.717) is 17.0 Å². The van der Waals surface area contributed by atoms with Gasteiger partial charge in [-0.15, -0.1) is 0 Å². The first-order chi connectivity index (χ1) is 10.6. The summed E-state index contributed by atoms with van der Waals surface area (Å²) in [7, 11) is 1.65. The van der Waals surface area contributed by atoms with Crippen molar-refractivity contribution in [2.45, 2.75) is 13.0 Å². The smallest absolute Gasteiger partial charge is 0.267 e. The number of hydrogen-bond donors (Lipinski definition) is 1. The molecule has 0 saturated carbocycles. The van der Waals surface area contributed by atoms with E-state index >= 15 is 0 Å². The Morgan fingerprint density at radius 3 is 2.77 bits per heavy atom. The number of nitrogens with one attached hydrogen (secondary N) is 1. The number of ether oxygens (including phenoxy) is 1. The van der Waals surface area contributed by atoms with Crippen LogP contribution >= 0.6 is 0 Å². The lowest BCUT2D eigenvalue weighted by molar-refractivity contribution is -0.125. The number of aromatic nitrogens is 2. The Morgan fingerprint density at radius 2 is 2.05 bits per heavy atom. The van der Waals surface area contributed by atoms with Gasteiger partial charge in [0.2, 0.25) is 5.95 Å². The molecule has 1 aliphatic heterocycles. The van der Waals surface area contributed by atoms with Crippen molar-refractivity contribution in [1.29, 1.82) is 0 Å². The van der Waals surface area contributed by atoms with Gasteiger partial charge in [-0.2, -0.15) is 0 Å². The highest BCUT2D eigenvalue weighted by atomic mass is 16.5. The normalized spacial score (nSPS) is 16.7. The maximum atomic E-state index is 12.2. The van der Waals surface area contributed by atoms with Gasteiger partial charge in [-0.05, 0) is 31.2 Å². The van der Waals surface area contributed by atoms with Crippen LogP contribution in [-0.4, -0.2) is 34.9 Å². The molecule has 1 unspecified atom stereocenters. The molecule has 22 heavy (non-hydrogen) atoms. The van der Waals surface area contributed by atoms with Gasteiger partial charge in [0.1, 0.15) is 5.75 Å². The predicted octanol–water partition coefficient (Wildman–Crippen LogP) is 1.47. The molecule has 7 heteroatoms. The molecule has 0 spiro atoms. The highest BCUT2D eigenvalue weighted by Crippen LogP contribution is 2.33. The molecular formula is C15H14N4O3. The molecule has 0 fully saturated rings. The molecule has 0 bridgehead atoms. The van der Waals surface area contributed by atoms with Crippen LogP contribution in [0.5, 0.6) is 5.75 Å². The van der Waals surface area contributed by atoms with Crippen molar-refractivity contribution in [3.8, 4) is 5.75 Å². The van der Waals surface area contributed by atoms with Crippen molar-refractivity contribution in [3.63, 3.8) is 0 Å². The van der Waals surface area contributed by atoms with E-state index in [9.17, 15) is 9.59 Å². The Hall–Kier alpha value is -2.96. The minimum absolute atomic E-state index is 0.156. The molecule has 2 heterocycles. The van der Waals surface area contributed by atoms with E-state index in [4.69, 9.17) is 4.74 Å². The molecule has 0 radical (unpaired) electrons. The Bertz CT molecular complexity index is 733. The molecule has 7 nitrogen and oxygen atoms in total. The third-order valence-corrected chi connectivity index (χ3v) is 3.36. The van der Waals surface area contributed by atoms with E-state index in [2.05, 4.69) is 15.3 Å². The van der Waals surface area contributed by atoms with Gasteiger partial charge in [-0.3, -0.25) is 14.9 Å². The van der Waals surface area contributed by atoms with Crippen molar-refractivity contribution in [2.75, 3.05) is 17.3 Å². The Kier molecular flexibility index (Phi) is 3.46. The van der Waals surface area contributed by atoms with E-state index in [-0.39, 0.29) is 17.8 Å². The summed E-state index contributed by atoms with van der Waals surface area (Å²) in [6.07, 6.45) is 2.55. The van der Waals surface area contributed by atoms with Crippen molar-refractivity contribution >= 4 is 23.5 Å². The first kappa shape index (κ1) is 14.0. The van der Waals surface area contributed by atoms with Crippen molar-refractivity contribution in [1.82, 2.24) is 9.97 Å². The summed E-state index contributed by atoms with van der Waals surface area (Å²) < 4.78 is 5.52. The van der Waals surface area contributed by atoms with Gasteiger partial charge in [0, 0.05) is 25.0 Å². The van der Waals surface area contributed by atoms with Gasteiger partial charge < -0.3 is 9.64 Å². The van der Waals surface area contributed by atoms with E-state index in [1.807, 2.05) is 0 Å². The van der Waals surface area contributed by atoms with Crippen LogP contribution < -0.4 is 15.0 Å². The summed E-state index contributed by atoms with van der Waals surface area (Å²) in [5.41, 5.74) is 0.953. The topological polar surface area (TPSA) is 84.4 Å². The monoisotopic (exact) mass is 298 g/mol. The van der Waals surface area contributed by atoms with Gasteiger partial charge in [-0.25, -0.2) is 9.97 Å². The lowest BCUT2D eigenvalue weighted by Gasteiger charge is -2.30. The predicted molar refractivity (Wildman–Crippen MR) is 79.9 cm³/mol. The summed E-state index contributed by atoms with van der Waals surface area (Å²) in [6, 6.07) is 6.58. The molecule has 1 aliphatic rings. The average molecular weight is 298 g/mol. The number of benzene rings is 1. The summed E-state index contributed by atoms with van der Waals surface area (Å²) in [5.74, 6) is 0.284. The SMILES string of the molecule is CC1Oc2ccc(C(=O)Nc3ncccn3)cc2N(C)C1=O. The quantitative estimate of drug-likeness (QED) is 0.907. The van der Waals surface area contributed by atoms with Crippen LogP contribution in [-0.2, 0) is 4.79 Å². The minimum Gasteiger partial charge on any atom is -0.479 e. The minimum atomic E-state index is -0.533. The van der Waals surface area contributed by atoms with Crippen LogP contribution in [0.3, 0.4) is 0 Å². The second-order valence-corrected chi connectivity index (χ2v) is 4.87. The summed E-state index contributed by atoms with van der Waals surface area (Å²) in [6.45, 7) is 1.69. The molecular weight excluding hydrogens is 284 g/mol. The summed E-state index contributed by atoms with van der Waals surface area (Å²) >= 11 is 0.